The van der Waals surface area contributed by atoms with Crippen LogP contribution >= 0.6 is 15.9 Å². The van der Waals surface area contributed by atoms with Crippen LogP contribution < -0.4 is 11.1 Å². The van der Waals surface area contributed by atoms with E-state index in [1.807, 2.05) is 0 Å². The summed E-state index contributed by atoms with van der Waals surface area (Å²) < 4.78 is 0.731. The highest BCUT2D eigenvalue weighted by Gasteiger charge is 2.08. The third-order valence-corrected chi connectivity index (χ3v) is 3.58. The van der Waals surface area contributed by atoms with Crippen molar-refractivity contribution < 1.29 is 9.72 Å². The summed E-state index contributed by atoms with van der Waals surface area (Å²) >= 11 is 3.26. The molecule has 7 heteroatoms. The van der Waals surface area contributed by atoms with E-state index in [1.165, 1.54) is 12.1 Å². The fourth-order valence-corrected chi connectivity index (χ4v) is 1.95. The topological polar surface area (TPSA) is 98.3 Å². The van der Waals surface area contributed by atoms with Gasteiger partial charge in [0.15, 0.2) is 0 Å². The molecule has 0 radical (unpaired) electrons. The van der Waals surface area contributed by atoms with Gasteiger partial charge in [-0.2, -0.15) is 0 Å². The molecule has 0 aromatic heterocycles. The number of rotatable bonds is 4. The van der Waals surface area contributed by atoms with Gasteiger partial charge in [0, 0.05) is 34.4 Å². The molecule has 108 valence electrons. The Hall–Kier alpha value is -2.41. The van der Waals surface area contributed by atoms with Crippen LogP contribution in [0.5, 0.6) is 0 Å². The Labute approximate surface area is 129 Å². The second-order valence-electron chi connectivity index (χ2n) is 4.34. The fourth-order valence-electron chi connectivity index (χ4n) is 1.70. The van der Waals surface area contributed by atoms with Crippen molar-refractivity contribution in [1.82, 2.24) is 5.32 Å². The van der Waals surface area contributed by atoms with Gasteiger partial charge in [-0.15, -0.1) is 0 Å². The van der Waals surface area contributed by atoms with Crippen LogP contribution in [0.4, 0.5) is 11.4 Å². The normalized spacial score (nSPS) is 10.1. The highest BCUT2D eigenvalue weighted by Crippen LogP contribution is 2.20. The number of halogens is 1. The van der Waals surface area contributed by atoms with E-state index in [9.17, 15) is 14.9 Å². The maximum atomic E-state index is 12.0. The largest absolute Gasteiger partial charge is 0.398 e. The van der Waals surface area contributed by atoms with E-state index in [0.29, 0.717) is 11.3 Å². The molecular weight excluding hydrogens is 338 g/mol. The summed E-state index contributed by atoms with van der Waals surface area (Å²) in [4.78, 5) is 22.0. The van der Waals surface area contributed by atoms with Gasteiger partial charge < -0.3 is 11.1 Å². The summed E-state index contributed by atoms with van der Waals surface area (Å²) in [5.41, 5.74) is 7.46. The van der Waals surface area contributed by atoms with Gasteiger partial charge in [-0.1, -0.05) is 12.1 Å². The van der Waals surface area contributed by atoms with Gasteiger partial charge in [0.2, 0.25) is 0 Å². The lowest BCUT2D eigenvalue weighted by atomic mass is 10.1. The number of amides is 1. The summed E-state index contributed by atoms with van der Waals surface area (Å²) in [5.74, 6) is -0.257. The number of non-ortho nitro benzene ring substituents is 1. The Kier molecular flexibility index (Phi) is 4.54. The number of nitro groups is 1. The SMILES string of the molecule is Nc1cc(C(=O)NCc2ccc([N+](=O)[O-])cc2)ccc1Br. The number of hydrogen-bond donors (Lipinski definition) is 2. The highest BCUT2D eigenvalue weighted by atomic mass is 79.9. The summed E-state index contributed by atoms with van der Waals surface area (Å²) in [6.45, 7) is 0.285. The number of carbonyl (C=O) groups is 1. The van der Waals surface area contributed by atoms with Crippen LogP contribution in [0.2, 0.25) is 0 Å². The first-order valence-electron chi connectivity index (χ1n) is 6.04. The minimum Gasteiger partial charge on any atom is -0.398 e. The number of nitrogen functional groups attached to an aromatic ring is 1. The van der Waals surface area contributed by atoms with Crippen molar-refractivity contribution in [3.05, 3.63) is 68.2 Å². The van der Waals surface area contributed by atoms with Gasteiger partial charge in [-0.05, 0) is 39.7 Å². The Morgan fingerprint density at radius 3 is 2.48 bits per heavy atom. The molecule has 1 amide bonds. The number of hydrogen-bond acceptors (Lipinski definition) is 4. The van der Waals surface area contributed by atoms with Gasteiger partial charge in [-0.25, -0.2) is 0 Å². The van der Waals surface area contributed by atoms with Gasteiger partial charge in [-0.3, -0.25) is 14.9 Å². The molecule has 0 unspecified atom stereocenters. The van der Waals surface area contributed by atoms with Crippen molar-refractivity contribution in [2.45, 2.75) is 6.54 Å². The third kappa shape index (κ3) is 3.79. The molecule has 21 heavy (non-hydrogen) atoms. The molecule has 0 atom stereocenters. The van der Waals surface area contributed by atoms with E-state index in [1.54, 1.807) is 30.3 Å². The van der Waals surface area contributed by atoms with Crippen LogP contribution in [0.15, 0.2) is 46.9 Å². The summed E-state index contributed by atoms with van der Waals surface area (Å²) in [6, 6.07) is 11.0. The van der Waals surface area contributed by atoms with Crippen LogP contribution in [0, 0.1) is 10.1 Å². The molecule has 0 saturated heterocycles. The van der Waals surface area contributed by atoms with Crippen LogP contribution in [0.3, 0.4) is 0 Å². The Balaban J connectivity index is 2.00. The minimum absolute atomic E-state index is 0.0192. The average molecular weight is 350 g/mol. The molecule has 0 spiro atoms. The molecule has 0 saturated carbocycles. The number of carbonyl (C=O) groups excluding carboxylic acids is 1. The van der Waals surface area contributed by atoms with Crippen molar-refractivity contribution in [1.29, 1.82) is 0 Å². The van der Waals surface area contributed by atoms with Crippen molar-refractivity contribution in [3.63, 3.8) is 0 Å². The lowest BCUT2D eigenvalue weighted by molar-refractivity contribution is -0.384. The quantitative estimate of drug-likeness (QED) is 0.503. The molecule has 2 aromatic rings. The second-order valence-corrected chi connectivity index (χ2v) is 5.20. The summed E-state index contributed by atoms with van der Waals surface area (Å²) in [7, 11) is 0. The molecule has 3 N–H and O–H groups in total. The molecule has 2 rings (SSSR count). The standard InChI is InChI=1S/C14H12BrN3O3/c15-12-6-3-10(7-13(12)16)14(19)17-8-9-1-4-11(5-2-9)18(20)21/h1-7H,8,16H2,(H,17,19). The predicted octanol–water partition coefficient (Wildman–Crippen LogP) is 2.87. The first-order chi connectivity index (χ1) is 9.97. The van der Waals surface area contributed by atoms with Crippen molar-refractivity contribution in [2.75, 3.05) is 5.73 Å². The van der Waals surface area contributed by atoms with Crippen LogP contribution in [-0.2, 0) is 6.54 Å². The van der Waals surface area contributed by atoms with E-state index in [0.717, 1.165) is 10.0 Å². The number of nitrogens with one attached hydrogen (secondary N) is 1. The molecule has 6 nitrogen and oxygen atoms in total. The highest BCUT2D eigenvalue weighted by molar-refractivity contribution is 9.10. The van der Waals surface area contributed by atoms with Crippen molar-refractivity contribution in [3.8, 4) is 0 Å². The predicted molar refractivity (Wildman–Crippen MR) is 82.8 cm³/mol. The smallest absolute Gasteiger partial charge is 0.269 e. The number of benzene rings is 2. The maximum absolute atomic E-state index is 12.0. The molecule has 0 bridgehead atoms. The van der Waals surface area contributed by atoms with E-state index >= 15 is 0 Å². The maximum Gasteiger partial charge on any atom is 0.269 e. The van der Waals surface area contributed by atoms with Crippen molar-refractivity contribution in [2.24, 2.45) is 0 Å². The number of nitrogens with two attached hydrogens (primary N) is 1. The molecule has 0 aliphatic heterocycles. The van der Waals surface area contributed by atoms with E-state index < -0.39 is 4.92 Å². The van der Waals surface area contributed by atoms with E-state index in [2.05, 4.69) is 21.2 Å². The van der Waals surface area contributed by atoms with Crippen molar-refractivity contribution >= 4 is 33.2 Å². The summed E-state index contributed by atoms with van der Waals surface area (Å²) in [6.07, 6.45) is 0. The number of nitrogens with zero attached hydrogens (tertiary/aromatic N) is 1. The minimum atomic E-state index is -0.465. The molecule has 0 heterocycles. The summed E-state index contributed by atoms with van der Waals surface area (Å²) in [5, 5.41) is 13.3. The lowest BCUT2D eigenvalue weighted by Crippen LogP contribution is -2.22. The monoisotopic (exact) mass is 349 g/mol. The average Bonchev–Trinajstić information content (AvgIpc) is 2.48. The van der Waals surface area contributed by atoms with Crippen LogP contribution in [0.25, 0.3) is 0 Å². The lowest BCUT2D eigenvalue weighted by Gasteiger charge is -2.07. The van der Waals surface area contributed by atoms with Crippen LogP contribution in [-0.4, -0.2) is 10.8 Å². The fraction of sp³-hybridized carbons (Fsp3) is 0.0714. The first kappa shape index (κ1) is 15.0. The van der Waals surface area contributed by atoms with Gasteiger partial charge in [0.25, 0.3) is 11.6 Å². The van der Waals surface area contributed by atoms with Crippen LogP contribution in [0.1, 0.15) is 15.9 Å². The zero-order valence-corrected chi connectivity index (χ0v) is 12.5. The zero-order valence-electron chi connectivity index (χ0n) is 10.9. The number of nitro benzene ring substituents is 1. The third-order valence-electron chi connectivity index (χ3n) is 2.86. The van der Waals surface area contributed by atoms with Gasteiger partial charge in [0.1, 0.15) is 0 Å². The van der Waals surface area contributed by atoms with E-state index in [-0.39, 0.29) is 18.1 Å². The second kappa shape index (κ2) is 6.36. The molecular formula is C14H12BrN3O3. The Morgan fingerprint density at radius 2 is 1.90 bits per heavy atom. The zero-order chi connectivity index (χ0) is 15.4. The molecule has 2 aromatic carbocycles. The number of anilines is 1. The Bertz CT molecular complexity index is 686. The Morgan fingerprint density at radius 1 is 1.24 bits per heavy atom. The molecule has 0 fully saturated rings. The van der Waals surface area contributed by atoms with Gasteiger partial charge >= 0.3 is 0 Å². The molecule has 0 aliphatic carbocycles. The van der Waals surface area contributed by atoms with E-state index in [4.69, 9.17) is 5.73 Å². The first-order valence-corrected chi connectivity index (χ1v) is 6.83. The van der Waals surface area contributed by atoms with Gasteiger partial charge in [0.05, 0.1) is 4.92 Å². The molecule has 0 aliphatic rings.